The molecule has 5 heteroatoms. The first-order chi connectivity index (χ1) is 8.59. The number of nitrogens with zero attached hydrogens (tertiary/aromatic N) is 3. The third kappa shape index (κ3) is 2.72. The van der Waals surface area contributed by atoms with Gasteiger partial charge in [0.25, 0.3) is 5.91 Å². The summed E-state index contributed by atoms with van der Waals surface area (Å²) in [7, 11) is 3.75. The summed E-state index contributed by atoms with van der Waals surface area (Å²) in [6.45, 7) is 3.94. The van der Waals surface area contributed by atoms with Gasteiger partial charge in [-0.2, -0.15) is 5.10 Å². The van der Waals surface area contributed by atoms with Gasteiger partial charge in [-0.1, -0.05) is 0 Å². The van der Waals surface area contributed by atoms with E-state index in [0.29, 0.717) is 6.04 Å². The molecule has 5 nitrogen and oxygen atoms in total. The van der Waals surface area contributed by atoms with E-state index in [-0.39, 0.29) is 5.91 Å². The number of carbonyl (C=O) groups is 1. The molecule has 0 saturated carbocycles. The van der Waals surface area contributed by atoms with Gasteiger partial charge in [-0.05, 0) is 39.3 Å². The molecular formula is C13H22N4O. The summed E-state index contributed by atoms with van der Waals surface area (Å²) in [5.74, 6) is 0.0903. The lowest BCUT2D eigenvalue weighted by Gasteiger charge is -2.26. The van der Waals surface area contributed by atoms with Crippen LogP contribution < -0.4 is 5.32 Å². The first-order valence-electron chi connectivity index (χ1n) is 6.57. The molecule has 1 amide bonds. The summed E-state index contributed by atoms with van der Waals surface area (Å²) in [5.41, 5.74) is 1.53. The molecule has 2 rings (SSSR count). The number of amides is 1. The Bertz CT molecular complexity index is 419. The predicted octanol–water partition coefficient (Wildman–Crippen LogP) is 0.943. The number of aryl methyl sites for hydroxylation is 2. The normalized spacial score (nSPS) is 20.5. The van der Waals surface area contributed by atoms with Crippen molar-refractivity contribution in [2.75, 3.05) is 20.1 Å². The molecule has 1 atom stereocenters. The Kier molecular flexibility index (Phi) is 4.01. The van der Waals surface area contributed by atoms with E-state index in [2.05, 4.69) is 10.4 Å². The molecular weight excluding hydrogens is 228 g/mol. The van der Waals surface area contributed by atoms with E-state index in [9.17, 15) is 4.79 Å². The first-order valence-corrected chi connectivity index (χ1v) is 6.57. The minimum Gasteiger partial charge on any atom is -0.339 e. The molecule has 1 aliphatic rings. The van der Waals surface area contributed by atoms with Crippen LogP contribution in [0.15, 0.2) is 6.20 Å². The number of aromatic nitrogens is 2. The first kappa shape index (κ1) is 13.1. The van der Waals surface area contributed by atoms with Gasteiger partial charge in [0.15, 0.2) is 0 Å². The molecule has 1 fully saturated rings. The second-order valence-electron chi connectivity index (χ2n) is 5.05. The molecule has 1 saturated heterocycles. The summed E-state index contributed by atoms with van der Waals surface area (Å²) < 4.78 is 1.70. The lowest BCUT2D eigenvalue weighted by atomic mass is 10.1. The molecule has 18 heavy (non-hydrogen) atoms. The molecule has 0 spiro atoms. The minimum atomic E-state index is 0.0903. The van der Waals surface area contributed by atoms with Gasteiger partial charge in [-0.15, -0.1) is 0 Å². The highest BCUT2D eigenvalue weighted by atomic mass is 16.2. The lowest BCUT2D eigenvalue weighted by Crippen LogP contribution is -2.37. The largest absolute Gasteiger partial charge is 0.339 e. The molecule has 1 N–H and O–H groups in total. The topological polar surface area (TPSA) is 50.2 Å². The van der Waals surface area contributed by atoms with Gasteiger partial charge < -0.3 is 10.2 Å². The molecule has 100 valence electrons. The molecule has 0 bridgehead atoms. The van der Waals surface area contributed by atoms with Crippen LogP contribution in [-0.2, 0) is 7.05 Å². The monoisotopic (exact) mass is 250 g/mol. The van der Waals surface area contributed by atoms with Crippen LogP contribution in [-0.4, -0.2) is 46.8 Å². The van der Waals surface area contributed by atoms with Crippen molar-refractivity contribution in [1.29, 1.82) is 0 Å². The maximum Gasteiger partial charge on any atom is 0.257 e. The Hall–Kier alpha value is -1.36. The van der Waals surface area contributed by atoms with Gasteiger partial charge in [0, 0.05) is 26.3 Å². The zero-order chi connectivity index (χ0) is 13.1. The van der Waals surface area contributed by atoms with Crippen LogP contribution in [0.3, 0.4) is 0 Å². The van der Waals surface area contributed by atoms with Crippen LogP contribution in [0.2, 0.25) is 0 Å². The van der Waals surface area contributed by atoms with Crippen molar-refractivity contribution in [3.8, 4) is 0 Å². The fraction of sp³-hybridized carbons (Fsp3) is 0.692. The van der Waals surface area contributed by atoms with Gasteiger partial charge in [-0.25, -0.2) is 0 Å². The quantitative estimate of drug-likeness (QED) is 0.850. The second-order valence-corrected chi connectivity index (χ2v) is 5.05. The van der Waals surface area contributed by atoms with Crippen molar-refractivity contribution in [2.45, 2.75) is 32.2 Å². The Labute approximate surface area is 108 Å². The number of carbonyl (C=O) groups excluding carboxylic acids is 1. The molecule has 0 aliphatic carbocycles. The average Bonchev–Trinajstić information content (AvgIpc) is 2.59. The zero-order valence-electron chi connectivity index (χ0n) is 11.4. The third-order valence-electron chi connectivity index (χ3n) is 3.66. The lowest BCUT2D eigenvalue weighted by molar-refractivity contribution is 0.0719. The Morgan fingerprint density at radius 3 is 2.94 bits per heavy atom. The summed E-state index contributed by atoms with van der Waals surface area (Å²) in [6.07, 6.45) is 5.05. The van der Waals surface area contributed by atoms with Crippen LogP contribution in [0.25, 0.3) is 0 Å². The van der Waals surface area contributed by atoms with Crippen molar-refractivity contribution in [3.05, 3.63) is 17.5 Å². The van der Waals surface area contributed by atoms with Crippen molar-refractivity contribution < 1.29 is 4.79 Å². The molecule has 0 aromatic carbocycles. The highest BCUT2D eigenvalue weighted by Gasteiger charge is 2.24. The average molecular weight is 250 g/mol. The fourth-order valence-corrected chi connectivity index (χ4v) is 2.55. The summed E-state index contributed by atoms with van der Waals surface area (Å²) >= 11 is 0. The van der Waals surface area contributed by atoms with Crippen LogP contribution in [0, 0.1) is 6.92 Å². The molecule has 1 aliphatic heterocycles. The number of rotatable bonds is 2. The second kappa shape index (κ2) is 5.52. The summed E-state index contributed by atoms with van der Waals surface area (Å²) in [5, 5.41) is 7.61. The molecule has 1 unspecified atom stereocenters. The molecule has 1 aromatic rings. The van der Waals surface area contributed by atoms with Gasteiger partial charge in [0.1, 0.15) is 0 Å². The number of hydrogen-bond donors (Lipinski definition) is 1. The Balaban J connectivity index is 2.10. The van der Waals surface area contributed by atoms with E-state index in [1.165, 1.54) is 0 Å². The van der Waals surface area contributed by atoms with Gasteiger partial charge in [-0.3, -0.25) is 9.48 Å². The van der Waals surface area contributed by atoms with Gasteiger partial charge in [0.05, 0.1) is 11.3 Å². The van der Waals surface area contributed by atoms with E-state index in [4.69, 9.17) is 0 Å². The smallest absolute Gasteiger partial charge is 0.257 e. The summed E-state index contributed by atoms with van der Waals surface area (Å²) in [6, 6.07) is 0.340. The Morgan fingerprint density at radius 2 is 2.28 bits per heavy atom. The minimum absolute atomic E-state index is 0.0903. The van der Waals surface area contributed by atoms with Gasteiger partial charge >= 0.3 is 0 Å². The van der Waals surface area contributed by atoms with Crippen LogP contribution in [0.1, 0.15) is 35.3 Å². The summed E-state index contributed by atoms with van der Waals surface area (Å²) in [4.78, 5) is 14.3. The SMILES string of the molecule is Cc1nn(C)cc1C(=O)N(C)C1CCCNCC1. The van der Waals surface area contributed by atoms with Crippen molar-refractivity contribution in [3.63, 3.8) is 0 Å². The fourth-order valence-electron chi connectivity index (χ4n) is 2.55. The van der Waals surface area contributed by atoms with Crippen molar-refractivity contribution in [1.82, 2.24) is 20.0 Å². The highest BCUT2D eigenvalue weighted by Crippen LogP contribution is 2.16. The highest BCUT2D eigenvalue weighted by molar-refractivity contribution is 5.95. The molecule has 2 heterocycles. The maximum absolute atomic E-state index is 12.4. The standard InChI is InChI=1S/C13H22N4O/c1-10-12(9-16(2)15-10)13(18)17(3)11-5-4-7-14-8-6-11/h9,11,14H,4-8H2,1-3H3. The van der Waals surface area contributed by atoms with E-state index >= 15 is 0 Å². The predicted molar refractivity (Wildman–Crippen MR) is 70.5 cm³/mol. The maximum atomic E-state index is 12.4. The number of hydrogen-bond acceptors (Lipinski definition) is 3. The molecule has 1 aromatic heterocycles. The third-order valence-corrected chi connectivity index (χ3v) is 3.66. The number of nitrogens with one attached hydrogen (secondary N) is 1. The van der Waals surface area contributed by atoms with E-state index in [0.717, 1.165) is 43.6 Å². The van der Waals surface area contributed by atoms with E-state index in [1.54, 1.807) is 4.68 Å². The van der Waals surface area contributed by atoms with Crippen molar-refractivity contribution in [2.24, 2.45) is 7.05 Å². The van der Waals surface area contributed by atoms with E-state index in [1.807, 2.05) is 32.1 Å². The van der Waals surface area contributed by atoms with Crippen LogP contribution in [0.4, 0.5) is 0 Å². The Morgan fingerprint density at radius 1 is 1.50 bits per heavy atom. The molecule has 0 radical (unpaired) electrons. The van der Waals surface area contributed by atoms with Crippen LogP contribution in [0.5, 0.6) is 0 Å². The van der Waals surface area contributed by atoms with Crippen LogP contribution >= 0.6 is 0 Å². The van der Waals surface area contributed by atoms with Crippen molar-refractivity contribution >= 4 is 5.91 Å². The van der Waals surface area contributed by atoms with E-state index < -0.39 is 0 Å². The van der Waals surface area contributed by atoms with Gasteiger partial charge in [0.2, 0.25) is 0 Å². The zero-order valence-corrected chi connectivity index (χ0v) is 11.4.